The summed E-state index contributed by atoms with van der Waals surface area (Å²) >= 11 is 6.19. The number of nitrogens with one attached hydrogen (secondary N) is 1. The highest BCUT2D eigenvalue weighted by molar-refractivity contribution is 7.80. The fraction of sp³-hybridized carbons (Fsp3) is 0.200. The van der Waals surface area contributed by atoms with E-state index < -0.39 is 0 Å². The molecule has 3 nitrogen and oxygen atoms in total. The topological polar surface area (TPSA) is 50.9 Å². The number of thiazole rings is 1. The summed E-state index contributed by atoms with van der Waals surface area (Å²) in [6.45, 7) is 0.632. The Labute approximate surface area is 68.3 Å². The van der Waals surface area contributed by atoms with Crippen LogP contribution in [0.15, 0.2) is 11.6 Å². The van der Waals surface area contributed by atoms with Gasteiger partial charge in [-0.2, -0.15) is 0 Å². The van der Waals surface area contributed by atoms with Crippen molar-refractivity contribution in [3.63, 3.8) is 0 Å². The van der Waals surface area contributed by atoms with Gasteiger partial charge in [0.2, 0.25) is 0 Å². The molecule has 0 aliphatic heterocycles. The first kappa shape index (κ1) is 7.43. The molecule has 0 fully saturated rings. The maximum atomic E-state index is 5.21. The molecule has 0 aromatic carbocycles. The van der Waals surface area contributed by atoms with Crippen LogP contribution >= 0.6 is 23.6 Å². The maximum Gasteiger partial charge on any atom is 0.163 e. The van der Waals surface area contributed by atoms with E-state index >= 15 is 0 Å². The van der Waals surface area contributed by atoms with Crippen LogP contribution in [0, 0.1) is 0 Å². The number of rotatable bonds is 2. The molecule has 1 aromatic heterocycles. The number of hydrogen-bond acceptors (Lipinski definition) is 3. The number of aromatic nitrogens is 1. The Morgan fingerprint density at radius 2 is 2.70 bits per heavy atom. The monoisotopic (exact) mass is 173 g/mol. The van der Waals surface area contributed by atoms with Crippen molar-refractivity contribution in [2.24, 2.45) is 5.73 Å². The molecule has 0 bridgehead atoms. The molecule has 0 aliphatic rings. The zero-order valence-corrected chi connectivity index (χ0v) is 6.84. The van der Waals surface area contributed by atoms with Crippen LogP contribution < -0.4 is 11.1 Å². The predicted molar refractivity (Wildman–Crippen MR) is 45.7 cm³/mol. The van der Waals surface area contributed by atoms with Gasteiger partial charge in [0.1, 0.15) is 5.01 Å². The number of nitrogens with zero attached hydrogens (tertiary/aromatic N) is 1. The van der Waals surface area contributed by atoms with Crippen LogP contribution in [-0.2, 0) is 6.54 Å². The average molecular weight is 173 g/mol. The number of nitrogens with two attached hydrogens (primary N) is 1. The van der Waals surface area contributed by atoms with Gasteiger partial charge in [-0.05, 0) is 12.2 Å². The number of thiocarbonyl (C=S) groups is 1. The van der Waals surface area contributed by atoms with Crippen molar-refractivity contribution in [2.45, 2.75) is 6.54 Å². The molecule has 0 amide bonds. The van der Waals surface area contributed by atoms with E-state index in [0.717, 1.165) is 5.01 Å². The Morgan fingerprint density at radius 3 is 3.20 bits per heavy atom. The van der Waals surface area contributed by atoms with Crippen molar-refractivity contribution in [2.75, 3.05) is 0 Å². The van der Waals surface area contributed by atoms with Gasteiger partial charge >= 0.3 is 0 Å². The summed E-state index contributed by atoms with van der Waals surface area (Å²) < 4.78 is 0. The Kier molecular flexibility index (Phi) is 2.58. The maximum absolute atomic E-state index is 5.21. The van der Waals surface area contributed by atoms with Gasteiger partial charge < -0.3 is 11.1 Å². The minimum Gasteiger partial charge on any atom is -0.376 e. The van der Waals surface area contributed by atoms with Gasteiger partial charge in [-0.1, -0.05) is 0 Å². The van der Waals surface area contributed by atoms with Crippen molar-refractivity contribution in [3.05, 3.63) is 16.6 Å². The first-order chi connectivity index (χ1) is 4.79. The van der Waals surface area contributed by atoms with Gasteiger partial charge in [0.15, 0.2) is 5.11 Å². The predicted octanol–water partition coefficient (Wildman–Crippen LogP) is 0.476. The summed E-state index contributed by atoms with van der Waals surface area (Å²) in [5.74, 6) is 0. The highest BCUT2D eigenvalue weighted by atomic mass is 32.1. The van der Waals surface area contributed by atoms with E-state index in [0.29, 0.717) is 11.7 Å². The normalized spacial score (nSPS) is 9.20. The lowest BCUT2D eigenvalue weighted by molar-refractivity contribution is 0.906. The summed E-state index contributed by atoms with van der Waals surface area (Å²) in [6.07, 6.45) is 1.75. The standard InChI is InChI=1S/C5H7N3S2/c6-5(9)8-3-4-7-1-2-10-4/h1-2H,3H2,(H3,6,8,9). The third kappa shape index (κ3) is 2.28. The summed E-state index contributed by atoms with van der Waals surface area (Å²) in [6, 6.07) is 0. The lowest BCUT2D eigenvalue weighted by Gasteiger charge is -1.97. The zero-order valence-electron chi connectivity index (χ0n) is 5.20. The lowest BCUT2D eigenvalue weighted by atomic mass is 10.7. The van der Waals surface area contributed by atoms with E-state index in [9.17, 15) is 0 Å². The van der Waals surface area contributed by atoms with Crippen molar-refractivity contribution in [3.8, 4) is 0 Å². The molecule has 0 saturated carbocycles. The van der Waals surface area contributed by atoms with E-state index in [2.05, 4.69) is 22.5 Å². The molecular formula is C5H7N3S2. The highest BCUT2D eigenvalue weighted by Crippen LogP contribution is 2.01. The molecule has 0 saturated heterocycles. The smallest absolute Gasteiger partial charge is 0.163 e. The lowest BCUT2D eigenvalue weighted by Crippen LogP contribution is -2.28. The van der Waals surface area contributed by atoms with Crippen LogP contribution in [0.25, 0.3) is 0 Å². The van der Waals surface area contributed by atoms with Crippen molar-refractivity contribution >= 4 is 28.7 Å². The average Bonchev–Trinajstić information content (AvgIpc) is 2.34. The van der Waals surface area contributed by atoms with E-state index in [1.54, 1.807) is 17.5 Å². The number of hydrogen-bond donors (Lipinski definition) is 2. The van der Waals surface area contributed by atoms with E-state index in [1.165, 1.54) is 0 Å². The van der Waals surface area contributed by atoms with Crippen molar-refractivity contribution < 1.29 is 0 Å². The SMILES string of the molecule is NC(=S)NCc1nccs1. The second kappa shape index (κ2) is 3.48. The fourth-order valence-electron chi connectivity index (χ4n) is 0.503. The molecule has 0 spiro atoms. The molecule has 3 N–H and O–H groups in total. The molecule has 1 aromatic rings. The van der Waals surface area contributed by atoms with Gasteiger partial charge in [0.25, 0.3) is 0 Å². The highest BCUT2D eigenvalue weighted by Gasteiger charge is 1.92. The van der Waals surface area contributed by atoms with Crippen LogP contribution in [0.5, 0.6) is 0 Å². The third-order valence-electron chi connectivity index (χ3n) is 0.897. The zero-order chi connectivity index (χ0) is 7.40. The fourth-order valence-corrected chi connectivity index (χ4v) is 1.13. The second-order valence-electron chi connectivity index (χ2n) is 1.64. The third-order valence-corrected chi connectivity index (χ3v) is 1.82. The molecule has 10 heavy (non-hydrogen) atoms. The van der Waals surface area contributed by atoms with Gasteiger partial charge in [0.05, 0.1) is 6.54 Å². The Hall–Kier alpha value is -0.680. The largest absolute Gasteiger partial charge is 0.376 e. The van der Waals surface area contributed by atoms with Crippen molar-refractivity contribution in [1.82, 2.24) is 10.3 Å². The van der Waals surface area contributed by atoms with Crippen LogP contribution in [0.3, 0.4) is 0 Å². The molecule has 1 heterocycles. The minimum atomic E-state index is 0.315. The van der Waals surface area contributed by atoms with E-state index in [1.807, 2.05) is 5.38 Å². The van der Waals surface area contributed by atoms with E-state index in [-0.39, 0.29) is 0 Å². The van der Waals surface area contributed by atoms with Crippen LogP contribution in [0.1, 0.15) is 5.01 Å². The molecule has 1 rings (SSSR count). The molecule has 5 heteroatoms. The summed E-state index contributed by atoms with van der Waals surface area (Å²) in [4.78, 5) is 4.03. The second-order valence-corrected chi connectivity index (χ2v) is 3.06. The first-order valence-corrected chi connectivity index (χ1v) is 3.99. The van der Waals surface area contributed by atoms with Gasteiger partial charge in [-0.15, -0.1) is 11.3 Å². The molecule has 0 unspecified atom stereocenters. The summed E-state index contributed by atoms with van der Waals surface area (Å²) in [7, 11) is 0. The van der Waals surface area contributed by atoms with Crippen molar-refractivity contribution in [1.29, 1.82) is 0 Å². The summed E-state index contributed by atoms with van der Waals surface area (Å²) in [5.41, 5.74) is 5.21. The molecule has 0 radical (unpaired) electrons. The molecular weight excluding hydrogens is 166 g/mol. The van der Waals surface area contributed by atoms with Crippen LogP contribution in [0.2, 0.25) is 0 Å². The van der Waals surface area contributed by atoms with Gasteiger partial charge in [0, 0.05) is 11.6 Å². The Balaban J connectivity index is 2.35. The summed E-state index contributed by atoms with van der Waals surface area (Å²) in [5, 5.41) is 6.03. The van der Waals surface area contributed by atoms with Gasteiger partial charge in [-0.3, -0.25) is 0 Å². The Morgan fingerprint density at radius 1 is 1.90 bits per heavy atom. The van der Waals surface area contributed by atoms with E-state index in [4.69, 9.17) is 5.73 Å². The quantitative estimate of drug-likeness (QED) is 0.639. The molecule has 0 aliphatic carbocycles. The van der Waals surface area contributed by atoms with Crippen LogP contribution in [-0.4, -0.2) is 10.1 Å². The first-order valence-electron chi connectivity index (χ1n) is 2.70. The molecule has 0 atom stereocenters. The minimum absolute atomic E-state index is 0.315. The van der Waals surface area contributed by atoms with Crippen LogP contribution in [0.4, 0.5) is 0 Å². The van der Waals surface area contributed by atoms with Gasteiger partial charge in [-0.25, -0.2) is 4.98 Å². The Bertz CT molecular complexity index is 207. The molecule has 54 valence electrons.